The molecule has 2 nitrogen and oxygen atoms in total. The van der Waals surface area contributed by atoms with Crippen LogP contribution in [0.2, 0.25) is 0 Å². The molecule has 0 fully saturated rings. The maximum absolute atomic E-state index is 5.69. The quantitative estimate of drug-likeness (QED) is 0.273. The Morgan fingerprint density at radius 2 is 1.11 bits per heavy atom. The van der Waals surface area contributed by atoms with E-state index in [9.17, 15) is 0 Å². The van der Waals surface area contributed by atoms with E-state index in [1.165, 1.54) is 15.9 Å². The first kappa shape index (κ1) is 22.8. The van der Waals surface area contributed by atoms with Gasteiger partial charge in [-0.25, -0.2) is 0 Å². The van der Waals surface area contributed by atoms with Crippen LogP contribution in [-0.2, 0) is 9.47 Å². The molecule has 0 spiro atoms. The maximum atomic E-state index is 5.69. The molecule has 0 saturated carbocycles. The van der Waals surface area contributed by atoms with Gasteiger partial charge in [-0.15, -0.1) is 0 Å². The second kappa shape index (κ2) is 11.5. The first-order valence-corrected chi connectivity index (χ1v) is 11.4. The standard InChI is InChI=1S/C24H28O2P.BrH/c1-21(18-26-20-25-2)19-27(22-12-6-3-7-13-22,23-14-8-4-9-15-23)24-16-10-5-11-17-24;/h3-17,21H,18-20H2,1-2H3;1H/q+1;/p-1/t21-;/m0./s1. The molecule has 0 aliphatic heterocycles. The average Bonchev–Trinajstić information content (AvgIpc) is 2.74. The zero-order valence-corrected chi connectivity index (χ0v) is 19.0. The fraction of sp³-hybridized carbons (Fsp3) is 0.250. The minimum Gasteiger partial charge on any atom is -1.00 e. The molecule has 0 N–H and O–H groups in total. The monoisotopic (exact) mass is 458 g/mol. The van der Waals surface area contributed by atoms with Crippen molar-refractivity contribution in [1.29, 1.82) is 0 Å². The summed E-state index contributed by atoms with van der Waals surface area (Å²) >= 11 is 0. The van der Waals surface area contributed by atoms with E-state index >= 15 is 0 Å². The molecular formula is C24H28BrO2P. The smallest absolute Gasteiger partial charge is 0.146 e. The molecule has 0 unspecified atom stereocenters. The van der Waals surface area contributed by atoms with Crippen LogP contribution in [0.3, 0.4) is 0 Å². The highest BCUT2D eigenvalue weighted by Crippen LogP contribution is 2.56. The lowest BCUT2D eigenvalue weighted by Crippen LogP contribution is -3.00. The van der Waals surface area contributed by atoms with Gasteiger partial charge in [-0.2, -0.15) is 0 Å². The number of benzene rings is 3. The summed E-state index contributed by atoms with van der Waals surface area (Å²) in [7, 11) is -0.112. The van der Waals surface area contributed by atoms with Gasteiger partial charge in [0.1, 0.15) is 30.0 Å². The summed E-state index contributed by atoms with van der Waals surface area (Å²) < 4.78 is 10.8. The Morgan fingerprint density at radius 1 is 0.714 bits per heavy atom. The zero-order chi connectivity index (χ0) is 19.0. The molecule has 28 heavy (non-hydrogen) atoms. The number of ether oxygens (including phenoxy) is 2. The lowest BCUT2D eigenvalue weighted by Gasteiger charge is -2.30. The van der Waals surface area contributed by atoms with Crippen LogP contribution in [0.1, 0.15) is 6.92 Å². The summed E-state index contributed by atoms with van der Waals surface area (Å²) in [6, 6.07) is 32.9. The molecule has 0 amide bonds. The van der Waals surface area contributed by atoms with Gasteiger partial charge in [0.25, 0.3) is 0 Å². The molecule has 0 aromatic heterocycles. The van der Waals surface area contributed by atoms with Gasteiger partial charge in [0, 0.05) is 13.0 Å². The van der Waals surface area contributed by atoms with Crippen molar-refractivity contribution in [3.63, 3.8) is 0 Å². The Morgan fingerprint density at radius 3 is 1.46 bits per heavy atom. The van der Waals surface area contributed by atoms with Crippen molar-refractivity contribution in [1.82, 2.24) is 0 Å². The van der Waals surface area contributed by atoms with E-state index < -0.39 is 7.26 Å². The van der Waals surface area contributed by atoms with Gasteiger partial charge in [0.2, 0.25) is 0 Å². The van der Waals surface area contributed by atoms with Crippen molar-refractivity contribution in [2.24, 2.45) is 5.92 Å². The van der Waals surface area contributed by atoms with E-state index in [1.54, 1.807) is 7.11 Å². The Balaban J connectivity index is 0.00000280. The number of halogens is 1. The van der Waals surface area contributed by atoms with Gasteiger partial charge >= 0.3 is 0 Å². The van der Waals surface area contributed by atoms with Crippen molar-refractivity contribution < 1.29 is 26.5 Å². The Kier molecular flexibility index (Phi) is 9.34. The molecule has 0 radical (unpaired) electrons. The molecule has 3 rings (SSSR count). The van der Waals surface area contributed by atoms with Gasteiger partial charge in [0.15, 0.2) is 0 Å². The maximum Gasteiger partial charge on any atom is 0.146 e. The van der Waals surface area contributed by atoms with Crippen LogP contribution in [0.4, 0.5) is 0 Å². The van der Waals surface area contributed by atoms with Crippen LogP contribution >= 0.6 is 7.26 Å². The lowest BCUT2D eigenvalue weighted by atomic mass is 10.2. The van der Waals surface area contributed by atoms with E-state index in [1.807, 2.05) is 0 Å². The van der Waals surface area contributed by atoms with Crippen LogP contribution in [0.5, 0.6) is 0 Å². The van der Waals surface area contributed by atoms with Gasteiger partial charge in [0.05, 0.1) is 12.8 Å². The number of hydrogen-bond donors (Lipinski definition) is 0. The van der Waals surface area contributed by atoms with E-state index in [0.29, 0.717) is 19.3 Å². The highest BCUT2D eigenvalue weighted by Gasteiger charge is 2.46. The highest BCUT2D eigenvalue weighted by molar-refractivity contribution is 7.95. The molecular weight excluding hydrogens is 431 g/mol. The van der Waals surface area contributed by atoms with Crippen LogP contribution < -0.4 is 32.9 Å². The summed E-state index contributed by atoms with van der Waals surface area (Å²) in [6.45, 7) is 3.32. The largest absolute Gasteiger partial charge is 1.00 e. The van der Waals surface area contributed by atoms with E-state index in [2.05, 4.69) is 97.9 Å². The first-order valence-electron chi connectivity index (χ1n) is 9.39. The summed E-state index contributed by atoms with van der Waals surface area (Å²) in [5.41, 5.74) is 0. The Labute approximate surface area is 180 Å². The molecule has 0 aliphatic carbocycles. The van der Waals surface area contributed by atoms with Crippen molar-refractivity contribution in [3.05, 3.63) is 91.0 Å². The minimum absolute atomic E-state index is 0. The molecule has 0 aliphatic rings. The molecule has 3 aromatic carbocycles. The molecule has 0 bridgehead atoms. The van der Waals surface area contributed by atoms with Crippen LogP contribution in [0.15, 0.2) is 91.0 Å². The third-order valence-corrected chi connectivity index (χ3v) is 9.49. The predicted molar refractivity (Wildman–Crippen MR) is 117 cm³/mol. The minimum atomic E-state index is -1.78. The molecule has 1 atom stereocenters. The third kappa shape index (κ3) is 5.30. The predicted octanol–water partition coefficient (Wildman–Crippen LogP) is 1.24. The Bertz CT molecular complexity index is 700. The summed E-state index contributed by atoms with van der Waals surface area (Å²) in [5.74, 6) is 0.411. The number of rotatable bonds is 9. The number of hydrogen-bond acceptors (Lipinski definition) is 2. The second-order valence-corrected chi connectivity index (χ2v) is 10.4. The molecule has 0 heterocycles. The fourth-order valence-electron chi connectivity index (χ4n) is 3.66. The van der Waals surface area contributed by atoms with Crippen LogP contribution in [-0.4, -0.2) is 26.7 Å². The molecule has 148 valence electrons. The van der Waals surface area contributed by atoms with Gasteiger partial charge < -0.3 is 26.5 Å². The third-order valence-electron chi connectivity index (χ3n) is 4.78. The van der Waals surface area contributed by atoms with E-state index in [4.69, 9.17) is 9.47 Å². The number of methoxy groups -OCH3 is 1. The van der Waals surface area contributed by atoms with Crippen LogP contribution in [0.25, 0.3) is 0 Å². The zero-order valence-electron chi connectivity index (χ0n) is 16.5. The highest BCUT2D eigenvalue weighted by atomic mass is 79.9. The van der Waals surface area contributed by atoms with Crippen molar-refractivity contribution in [2.75, 3.05) is 26.7 Å². The molecule has 3 aromatic rings. The fourth-order valence-corrected chi connectivity index (χ4v) is 8.27. The average molecular weight is 459 g/mol. The summed E-state index contributed by atoms with van der Waals surface area (Å²) in [5, 5.41) is 4.25. The van der Waals surface area contributed by atoms with Crippen LogP contribution in [0, 0.1) is 5.92 Å². The van der Waals surface area contributed by atoms with E-state index in [0.717, 1.165) is 6.16 Å². The van der Waals surface area contributed by atoms with Crippen molar-refractivity contribution >= 4 is 23.2 Å². The second-order valence-electron chi connectivity index (χ2n) is 6.88. The topological polar surface area (TPSA) is 18.5 Å². The van der Waals surface area contributed by atoms with Crippen molar-refractivity contribution in [2.45, 2.75) is 6.92 Å². The lowest BCUT2D eigenvalue weighted by molar-refractivity contribution is -0.0393. The van der Waals surface area contributed by atoms with Crippen molar-refractivity contribution in [3.8, 4) is 0 Å². The SMILES string of the molecule is COCOC[C@H](C)C[P+](c1ccccc1)(c1ccccc1)c1ccccc1.[Br-]. The van der Waals surface area contributed by atoms with Gasteiger partial charge in [-0.1, -0.05) is 61.5 Å². The summed E-state index contributed by atoms with van der Waals surface area (Å²) in [6.07, 6.45) is 1.06. The van der Waals surface area contributed by atoms with Gasteiger partial charge in [-0.3, -0.25) is 0 Å². The normalized spacial score (nSPS) is 12.2. The van der Waals surface area contributed by atoms with E-state index in [-0.39, 0.29) is 17.0 Å². The Hall–Kier alpha value is -1.51. The van der Waals surface area contributed by atoms with Gasteiger partial charge in [-0.05, 0) is 36.4 Å². The molecule has 4 heteroatoms. The first-order chi connectivity index (χ1) is 13.3. The molecule has 0 saturated heterocycles. The summed E-state index contributed by atoms with van der Waals surface area (Å²) in [4.78, 5) is 0.